The lowest BCUT2D eigenvalue weighted by Gasteiger charge is -2.18. The third-order valence-electron chi connectivity index (χ3n) is 13.5. The van der Waals surface area contributed by atoms with E-state index in [0.717, 1.165) is 128 Å². The molecule has 0 aliphatic carbocycles. The van der Waals surface area contributed by atoms with Crippen LogP contribution in [-0.2, 0) is 28.6 Å². The monoisotopic (exact) mass is 1100 g/mol. The molecule has 0 fully saturated rings. The van der Waals surface area contributed by atoms with E-state index >= 15 is 0 Å². The number of rotatable bonds is 58. The average Bonchev–Trinajstić information content (AvgIpc) is 3.46. The first kappa shape index (κ1) is 75.3. The van der Waals surface area contributed by atoms with Crippen LogP contribution in [0.3, 0.4) is 0 Å². The van der Waals surface area contributed by atoms with Gasteiger partial charge in [-0.25, -0.2) is 0 Å². The molecule has 0 radical (unpaired) electrons. The van der Waals surface area contributed by atoms with Crippen LogP contribution in [0.4, 0.5) is 0 Å². The Hall–Kier alpha value is -4.71. The molecule has 0 bridgehead atoms. The van der Waals surface area contributed by atoms with Crippen molar-refractivity contribution < 1.29 is 28.6 Å². The first-order valence-corrected chi connectivity index (χ1v) is 32.8. The van der Waals surface area contributed by atoms with Gasteiger partial charge in [0.25, 0.3) is 0 Å². The van der Waals surface area contributed by atoms with Gasteiger partial charge < -0.3 is 14.2 Å². The second kappa shape index (κ2) is 66.8. The average molecular weight is 1110 g/mol. The van der Waals surface area contributed by atoms with E-state index in [4.69, 9.17) is 14.2 Å². The smallest absolute Gasteiger partial charge is 0.306 e. The van der Waals surface area contributed by atoms with E-state index in [1.165, 1.54) is 109 Å². The fraction of sp³-hybridized carbons (Fsp3) is 0.635. The summed E-state index contributed by atoms with van der Waals surface area (Å²) in [5, 5.41) is 0. The maximum atomic E-state index is 12.9. The highest BCUT2D eigenvalue weighted by Crippen LogP contribution is 2.15. The van der Waals surface area contributed by atoms with Gasteiger partial charge in [0.05, 0.1) is 0 Å². The first-order chi connectivity index (χ1) is 39.5. The van der Waals surface area contributed by atoms with Gasteiger partial charge in [-0.3, -0.25) is 14.4 Å². The SMILES string of the molecule is CC/C=C\C/C=C\C/C=C\C/C=C\C/C=C\C/C=C\C/C=C\C/C=C\C/C=C\CCCC(=O)OCC(COC(=O)CCCCCCC/C=C\CCC)OC(=O)CCCCCCCCCCCCC/C=C\C/C=C\CCCCCCC. The van der Waals surface area contributed by atoms with Crippen LogP contribution < -0.4 is 0 Å². The van der Waals surface area contributed by atoms with Gasteiger partial charge in [-0.05, 0) is 135 Å². The molecule has 0 aliphatic heterocycles. The zero-order chi connectivity index (χ0) is 57.8. The quantitative estimate of drug-likeness (QED) is 0.0261. The summed E-state index contributed by atoms with van der Waals surface area (Å²) in [4.78, 5) is 38.2. The van der Waals surface area contributed by atoms with E-state index in [1.54, 1.807) is 0 Å². The zero-order valence-corrected chi connectivity index (χ0v) is 51.8. The lowest BCUT2D eigenvalue weighted by Crippen LogP contribution is -2.30. The normalized spacial score (nSPS) is 13.1. The van der Waals surface area contributed by atoms with Gasteiger partial charge in [0, 0.05) is 19.3 Å². The van der Waals surface area contributed by atoms with Crippen molar-refractivity contribution >= 4 is 17.9 Å². The number of hydrogen-bond donors (Lipinski definition) is 0. The van der Waals surface area contributed by atoms with Gasteiger partial charge in [-0.15, -0.1) is 0 Å². The second-order valence-electron chi connectivity index (χ2n) is 21.3. The Kier molecular flexibility index (Phi) is 62.9. The van der Waals surface area contributed by atoms with Crippen LogP contribution in [0, 0.1) is 0 Å². The molecule has 0 saturated heterocycles. The molecule has 0 aromatic carbocycles. The molecule has 6 heteroatoms. The van der Waals surface area contributed by atoms with Crippen LogP contribution in [0.2, 0.25) is 0 Å². The molecule has 0 saturated carbocycles. The summed E-state index contributed by atoms with van der Waals surface area (Å²) in [6.45, 7) is 6.40. The minimum atomic E-state index is -0.812. The van der Waals surface area contributed by atoms with Crippen LogP contribution in [0.25, 0.3) is 0 Å². The predicted molar refractivity (Wildman–Crippen MR) is 348 cm³/mol. The third-order valence-corrected chi connectivity index (χ3v) is 13.5. The van der Waals surface area contributed by atoms with Crippen LogP contribution in [0.15, 0.2) is 146 Å². The summed E-state index contributed by atoms with van der Waals surface area (Å²) < 4.78 is 16.8. The van der Waals surface area contributed by atoms with E-state index in [-0.39, 0.29) is 37.5 Å². The maximum Gasteiger partial charge on any atom is 0.306 e. The number of unbranched alkanes of at least 4 members (excludes halogenated alkanes) is 23. The molecule has 0 aromatic rings. The molecule has 80 heavy (non-hydrogen) atoms. The van der Waals surface area contributed by atoms with Gasteiger partial charge in [0.15, 0.2) is 6.10 Å². The van der Waals surface area contributed by atoms with Crippen molar-refractivity contribution in [2.24, 2.45) is 0 Å². The minimum absolute atomic E-state index is 0.105. The van der Waals surface area contributed by atoms with Crippen molar-refractivity contribution in [3.63, 3.8) is 0 Å². The second-order valence-corrected chi connectivity index (χ2v) is 21.3. The van der Waals surface area contributed by atoms with Crippen molar-refractivity contribution in [2.45, 2.75) is 290 Å². The van der Waals surface area contributed by atoms with Gasteiger partial charge in [0.1, 0.15) is 13.2 Å². The summed E-state index contributed by atoms with van der Waals surface area (Å²) in [6, 6.07) is 0. The minimum Gasteiger partial charge on any atom is -0.462 e. The molecule has 452 valence electrons. The zero-order valence-electron chi connectivity index (χ0n) is 51.8. The maximum absolute atomic E-state index is 12.9. The van der Waals surface area contributed by atoms with E-state index in [2.05, 4.69) is 167 Å². The van der Waals surface area contributed by atoms with Crippen LogP contribution in [-0.4, -0.2) is 37.2 Å². The molecule has 0 aromatic heterocycles. The molecule has 1 atom stereocenters. The summed E-state index contributed by atoms with van der Waals surface area (Å²) >= 11 is 0. The lowest BCUT2D eigenvalue weighted by molar-refractivity contribution is -0.167. The first-order valence-electron chi connectivity index (χ1n) is 32.8. The Balaban J connectivity index is 4.38. The number of esters is 3. The van der Waals surface area contributed by atoms with Crippen molar-refractivity contribution in [3.8, 4) is 0 Å². The Morgan fingerprint density at radius 1 is 0.263 bits per heavy atom. The van der Waals surface area contributed by atoms with Crippen LogP contribution in [0.1, 0.15) is 284 Å². The predicted octanol–water partition coefficient (Wildman–Crippen LogP) is 22.7. The Labute approximate surface area is 493 Å². The number of allylic oxidation sites excluding steroid dienone is 24. The Bertz CT molecular complexity index is 1750. The molecular weight excluding hydrogens is 985 g/mol. The largest absolute Gasteiger partial charge is 0.462 e. The van der Waals surface area contributed by atoms with Crippen molar-refractivity contribution in [1.82, 2.24) is 0 Å². The fourth-order valence-electron chi connectivity index (χ4n) is 8.65. The standard InChI is InChI=1S/C74H120O6/c1-4-7-10-13-16-19-22-24-26-28-30-32-34-35-36-37-38-39-41-42-44-46-48-50-52-55-58-61-64-67-73(76)79-70-71(69-78-72(75)66-63-60-57-54-21-18-15-12-9-6-3)80-74(77)68-65-62-59-56-53-51-49-47-45-43-40-33-31-29-27-25-23-20-17-14-11-8-5-2/h7,10,12,15-16,19,23-26,29-32,35-36,38-39,42,44,48,50,55,58,71H,4-6,8-9,11,13-14,17-18,20-22,27-28,33-34,37,40-41,43,45-47,49,51-54,56-57,59-70H2,1-3H3/b10-7-,15-12-,19-16-,25-23-,26-24-,31-29-,32-30-,36-35-,39-38-,44-42-,50-48-,58-55-. The van der Waals surface area contributed by atoms with Crippen molar-refractivity contribution in [1.29, 1.82) is 0 Å². The topological polar surface area (TPSA) is 78.9 Å². The van der Waals surface area contributed by atoms with Crippen molar-refractivity contribution in [3.05, 3.63) is 146 Å². The fourth-order valence-corrected chi connectivity index (χ4v) is 8.65. The molecule has 1 unspecified atom stereocenters. The van der Waals surface area contributed by atoms with Gasteiger partial charge in [0.2, 0.25) is 0 Å². The Morgan fingerprint density at radius 2 is 0.525 bits per heavy atom. The summed E-state index contributed by atoms with van der Waals surface area (Å²) in [7, 11) is 0. The highest BCUT2D eigenvalue weighted by atomic mass is 16.6. The van der Waals surface area contributed by atoms with E-state index in [9.17, 15) is 14.4 Å². The summed E-state index contributed by atoms with van der Waals surface area (Å²) in [5.74, 6) is -0.980. The Morgan fingerprint density at radius 3 is 0.875 bits per heavy atom. The number of carbonyl (C=O) groups is 3. The molecular formula is C74H120O6. The molecule has 0 N–H and O–H groups in total. The third kappa shape index (κ3) is 64.1. The highest BCUT2D eigenvalue weighted by Gasteiger charge is 2.19. The molecule has 0 spiro atoms. The number of carbonyl (C=O) groups excluding carboxylic acids is 3. The molecule has 0 aliphatic rings. The molecule has 0 rings (SSSR count). The van der Waals surface area contributed by atoms with Crippen LogP contribution >= 0.6 is 0 Å². The van der Waals surface area contributed by atoms with E-state index in [1.807, 2.05) is 0 Å². The van der Waals surface area contributed by atoms with Gasteiger partial charge >= 0.3 is 17.9 Å². The summed E-state index contributed by atoms with van der Waals surface area (Å²) in [5.41, 5.74) is 0. The van der Waals surface area contributed by atoms with Crippen molar-refractivity contribution in [2.75, 3.05) is 13.2 Å². The number of hydrogen-bond acceptors (Lipinski definition) is 6. The van der Waals surface area contributed by atoms with E-state index < -0.39 is 6.10 Å². The summed E-state index contributed by atoms with van der Waals surface area (Å²) in [6.07, 6.45) is 95.9. The van der Waals surface area contributed by atoms with Gasteiger partial charge in [-0.1, -0.05) is 276 Å². The van der Waals surface area contributed by atoms with Gasteiger partial charge in [-0.2, -0.15) is 0 Å². The molecule has 0 heterocycles. The lowest BCUT2D eigenvalue weighted by atomic mass is 10.0. The highest BCUT2D eigenvalue weighted by molar-refractivity contribution is 5.71. The molecule has 0 amide bonds. The van der Waals surface area contributed by atoms with Crippen LogP contribution in [0.5, 0.6) is 0 Å². The molecule has 6 nitrogen and oxygen atoms in total. The number of ether oxygens (including phenoxy) is 3. The van der Waals surface area contributed by atoms with E-state index in [0.29, 0.717) is 19.3 Å².